The van der Waals surface area contributed by atoms with Crippen LogP contribution in [0.5, 0.6) is 17.2 Å². The number of primary amides is 1. The number of nitrogens with zero attached hydrogens (tertiary/aromatic N) is 1. The highest BCUT2D eigenvalue weighted by Crippen LogP contribution is 2.37. The third kappa shape index (κ3) is 14.8. The molecule has 2 saturated heterocycles. The number of aromatic hydroxyl groups is 3. The van der Waals surface area contributed by atoms with Gasteiger partial charge in [0.05, 0.1) is 0 Å². The highest BCUT2D eigenvalue weighted by Gasteiger charge is 2.43. The number of rotatable bonds is 22. The lowest BCUT2D eigenvalue weighted by Crippen LogP contribution is -2.60. The van der Waals surface area contributed by atoms with E-state index in [9.17, 15) is 48.9 Å². The summed E-state index contributed by atoms with van der Waals surface area (Å²) in [5.41, 5.74) is 7.55. The van der Waals surface area contributed by atoms with Crippen molar-refractivity contribution in [2.75, 3.05) is 25.1 Å². The maximum atomic E-state index is 15.0. The molecular weight excluding hydrogens is 905 g/mol. The Hall–Kier alpha value is -6.34. The molecule has 1 aliphatic carbocycles. The van der Waals surface area contributed by atoms with E-state index in [1.54, 1.807) is 36.4 Å². The standard InChI is InChI=1S/C50H66N8O10S/c1-29(59)53-39(21-23-69-2)46(64)55-41(25-31-11-17-35(61)18-12-31)47(65)56-42(27-33-28-52-38-7-4-3-6-37(33)38)48(66)57-43(26-32-13-19-36(62)20-14-32)50(68)58-22-5-8-44(58)49(67)54-40(45(51)63)24-30-9-15-34(60)16-10-30/h9-20,33,37-44,52,60-62H,3-8,21-28H2,1-2H3,(H2,51,63)(H,53,59)(H,54,67)(H,55,64)(H,56,65)(H,57,66)/t33?,37?,38?,39-,40-,41-,42-,43-,44-/m0/s1. The Kier molecular flexibility index (Phi) is 18.7. The van der Waals surface area contributed by atoms with Crippen molar-refractivity contribution < 1.29 is 48.9 Å². The van der Waals surface area contributed by atoms with Gasteiger partial charge in [-0.2, -0.15) is 11.8 Å². The monoisotopic (exact) mass is 970 g/mol. The quantitative estimate of drug-likeness (QED) is 0.0689. The summed E-state index contributed by atoms with van der Waals surface area (Å²) >= 11 is 1.49. The van der Waals surface area contributed by atoms with Crippen LogP contribution < -0.4 is 37.6 Å². The van der Waals surface area contributed by atoms with Gasteiger partial charge in [0.2, 0.25) is 41.4 Å². The average Bonchev–Trinajstić information content (AvgIpc) is 3.99. The van der Waals surface area contributed by atoms with E-state index in [0.717, 1.165) is 25.7 Å². The van der Waals surface area contributed by atoms with Crippen LogP contribution in [0.25, 0.3) is 0 Å². The Morgan fingerprint density at radius 1 is 0.652 bits per heavy atom. The molecule has 3 aromatic rings. The molecule has 0 radical (unpaired) electrons. The van der Waals surface area contributed by atoms with Crippen LogP contribution in [0.2, 0.25) is 0 Å². The largest absolute Gasteiger partial charge is 0.508 e. The second kappa shape index (κ2) is 24.8. The summed E-state index contributed by atoms with van der Waals surface area (Å²) in [6, 6.07) is 11.9. The van der Waals surface area contributed by atoms with Gasteiger partial charge in [-0.1, -0.05) is 49.2 Å². The van der Waals surface area contributed by atoms with Crippen LogP contribution in [0, 0.1) is 11.8 Å². The Morgan fingerprint density at radius 3 is 1.72 bits per heavy atom. The van der Waals surface area contributed by atoms with Crippen LogP contribution in [0.1, 0.15) is 75.0 Å². The zero-order valence-corrected chi connectivity index (χ0v) is 40.0. The number of nitrogens with one attached hydrogen (secondary N) is 6. The topological polar surface area (TPSA) is 282 Å². The number of hydrogen-bond acceptors (Lipinski definition) is 12. The summed E-state index contributed by atoms with van der Waals surface area (Å²) < 4.78 is 0. The highest BCUT2D eigenvalue weighted by atomic mass is 32.2. The van der Waals surface area contributed by atoms with Crippen molar-refractivity contribution in [1.82, 2.24) is 36.8 Å². The molecule has 11 N–H and O–H groups in total. The molecule has 3 aliphatic rings. The second-order valence-electron chi connectivity index (χ2n) is 18.4. The Bertz CT molecular complexity index is 2270. The maximum Gasteiger partial charge on any atom is 0.246 e. The van der Waals surface area contributed by atoms with Crippen LogP contribution >= 0.6 is 11.8 Å². The SMILES string of the molecule is CSCC[C@H](NC(C)=O)C(=O)N[C@@H](Cc1ccc(O)cc1)C(=O)N[C@@H](CC1CNC2CCCCC12)C(=O)N[C@@H](Cc1ccc(O)cc1)C(=O)N1CCC[C@H]1C(=O)N[C@@H](Cc1ccc(O)cc1)C(N)=O. The van der Waals surface area contributed by atoms with E-state index in [0.29, 0.717) is 41.8 Å². The Morgan fingerprint density at radius 2 is 1.16 bits per heavy atom. The summed E-state index contributed by atoms with van der Waals surface area (Å²) in [5, 5.41) is 47.5. The van der Waals surface area contributed by atoms with Crippen molar-refractivity contribution >= 4 is 53.1 Å². The van der Waals surface area contributed by atoms with Gasteiger partial charge >= 0.3 is 0 Å². The zero-order chi connectivity index (χ0) is 49.6. The molecule has 0 spiro atoms. The fraction of sp³-hybridized carbons (Fsp3) is 0.500. The Labute approximate surface area is 406 Å². The first-order valence-corrected chi connectivity index (χ1v) is 25.1. The van der Waals surface area contributed by atoms with Gasteiger partial charge in [-0.15, -0.1) is 0 Å². The summed E-state index contributed by atoms with van der Waals surface area (Å²) in [4.78, 5) is 98.3. The van der Waals surface area contributed by atoms with Gasteiger partial charge in [0.15, 0.2) is 0 Å². The molecule has 3 unspecified atom stereocenters. The molecule has 0 aromatic heterocycles. The molecule has 1 saturated carbocycles. The summed E-state index contributed by atoms with van der Waals surface area (Å²) in [6.07, 6.45) is 7.10. The van der Waals surface area contributed by atoms with E-state index in [-0.39, 0.29) is 73.8 Å². The van der Waals surface area contributed by atoms with Crippen molar-refractivity contribution in [3.05, 3.63) is 89.5 Å². The number of phenols is 3. The molecule has 18 nitrogen and oxygen atoms in total. The van der Waals surface area contributed by atoms with Crippen LogP contribution in [0.4, 0.5) is 0 Å². The number of thioether (sulfide) groups is 1. The van der Waals surface area contributed by atoms with Crippen molar-refractivity contribution in [2.24, 2.45) is 17.6 Å². The number of fused-ring (bicyclic) bond motifs is 1. The molecule has 372 valence electrons. The van der Waals surface area contributed by atoms with Gasteiger partial charge < -0.3 is 57.9 Å². The van der Waals surface area contributed by atoms with Crippen molar-refractivity contribution in [3.8, 4) is 17.2 Å². The minimum Gasteiger partial charge on any atom is -0.508 e. The average molecular weight is 971 g/mol. The van der Waals surface area contributed by atoms with Crippen molar-refractivity contribution in [2.45, 2.75) is 120 Å². The molecule has 3 aromatic carbocycles. The van der Waals surface area contributed by atoms with Crippen LogP contribution in [0.3, 0.4) is 0 Å². The molecule has 0 bridgehead atoms. The number of hydrogen-bond donors (Lipinski definition) is 10. The predicted molar refractivity (Wildman–Crippen MR) is 260 cm³/mol. The van der Waals surface area contributed by atoms with Gasteiger partial charge in [-0.05, 0) is 122 Å². The fourth-order valence-corrected chi connectivity index (χ4v) is 10.3. The van der Waals surface area contributed by atoms with Gasteiger partial charge in [-0.25, -0.2) is 0 Å². The molecule has 2 heterocycles. The summed E-state index contributed by atoms with van der Waals surface area (Å²) in [5.74, 6) is -3.51. The molecule has 3 fully saturated rings. The molecule has 19 heteroatoms. The van der Waals surface area contributed by atoms with Gasteiger partial charge in [-0.3, -0.25) is 33.6 Å². The first-order chi connectivity index (χ1) is 33.1. The summed E-state index contributed by atoms with van der Waals surface area (Å²) in [7, 11) is 0. The summed E-state index contributed by atoms with van der Waals surface area (Å²) in [6.45, 7) is 2.08. The van der Waals surface area contributed by atoms with E-state index < -0.39 is 77.6 Å². The number of nitrogens with two attached hydrogens (primary N) is 1. The lowest BCUT2D eigenvalue weighted by atomic mass is 9.77. The second-order valence-corrected chi connectivity index (χ2v) is 19.4. The molecule has 9 atom stereocenters. The molecule has 6 rings (SSSR count). The van der Waals surface area contributed by atoms with Crippen molar-refractivity contribution in [1.29, 1.82) is 0 Å². The first kappa shape index (κ1) is 52.0. The third-order valence-corrected chi connectivity index (χ3v) is 14.1. The van der Waals surface area contributed by atoms with Crippen molar-refractivity contribution in [3.63, 3.8) is 0 Å². The van der Waals surface area contributed by atoms with E-state index >= 15 is 0 Å². The van der Waals surface area contributed by atoms with Crippen LogP contribution in [-0.2, 0) is 52.8 Å². The molecule has 2 aliphatic heterocycles. The number of amides is 7. The third-order valence-electron chi connectivity index (χ3n) is 13.4. The number of carbonyl (C=O) groups excluding carboxylic acids is 7. The zero-order valence-electron chi connectivity index (χ0n) is 39.2. The normalized spacial score (nSPS) is 20.8. The number of benzene rings is 3. The molecule has 7 amide bonds. The number of carbonyl (C=O) groups is 7. The lowest BCUT2D eigenvalue weighted by molar-refractivity contribution is -0.142. The predicted octanol–water partition coefficient (Wildman–Crippen LogP) is 1.67. The fourth-order valence-electron chi connectivity index (χ4n) is 9.80. The molecule has 69 heavy (non-hydrogen) atoms. The van der Waals surface area contributed by atoms with E-state index in [1.165, 1.54) is 60.0 Å². The van der Waals surface area contributed by atoms with E-state index in [4.69, 9.17) is 5.73 Å². The Balaban J connectivity index is 1.28. The lowest BCUT2D eigenvalue weighted by Gasteiger charge is -2.33. The number of phenolic OH excluding ortho intramolecular Hbond substituents is 3. The van der Waals surface area contributed by atoms with E-state index in [2.05, 4.69) is 31.9 Å². The van der Waals surface area contributed by atoms with Gasteiger partial charge in [0.1, 0.15) is 53.5 Å². The highest BCUT2D eigenvalue weighted by molar-refractivity contribution is 7.98. The first-order valence-electron chi connectivity index (χ1n) is 23.7. The van der Waals surface area contributed by atoms with Crippen LogP contribution in [0.15, 0.2) is 72.8 Å². The number of likely N-dealkylation sites (tertiary alicyclic amines) is 1. The van der Waals surface area contributed by atoms with Gasteiger partial charge in [0.25, 0.3) is 0 Å². The molecular formula is C50H66N8O10S. The van der Waals surface area contributed by atoms with Crippen LogP contribution in [-0.4, -0.2) is 129 Å². The van der Waals surface area contributed by atoms with E-state index in [1.807, 2.05) is 6.26 Å². The maximum absolute atomic E-state index is 15.0. The smallest absolute Gasteiger partial charge is 0.246 e. The minimum absolute atomic E-state index is 0.00573. The minimum atomic E-state index is -1.26. The van der Waals surface area contributed by atoms with Gasteiger partial charge in [0, 0.05) is 38.8 Å².